The lowest BCUT2D eigenvalue weighted by atomic mass is 9.85. The number of methoxy groups -OCH3 is 1. The van der Waals surface area contributed by atoms with Gasteiger partial charge >= 0.3 is 6.09 Å². The SMILES string of the molecule is COc1ccc2nc(C3CC3)c3c(c2c1)C(F)CC1(CC2C(=O)NC4(C(=O)N5CCS5(=O)=O)CC4C=CCCCCCC(NC(=O)OC(C)C)C(=O)N2C1)O3. The molecule has 1 spiro atoms. The number of nitrogens with one attached hydrogen (secondary N) is 2. The monoisotopic (exact) mass is 781 g/mol. The molecule has 2 aliphatic carbocycles. The molecule has 5 heterocycles. The molecule has 4 aliphatic heterocycles. The number of allylic oxidation sites excluding steroid dienone is 1. The Hall–Kier alpha value is -4.47. The third kappa shape index (κ3) is 6.88. The van der Waals surface area contributed by atoms with Crippen molar-refractivity contribution in [3.8, 4) is 11.5 Å². The Morgan fingerprint density at radius 1 is 1.11 bits per heavy atom. The number of alkyl halides is 1. The van der Waals surface area contributed by atoms with Crippen molar-refractivity contribution in [3.63, 3.8) is 0 Å². The van der Waals surface area contributed by atoms with Crippen LogP contribution in [-0.4, -0.2) is 102 Å². The number of pyridine rings is 1. The lowest BCUT2D eigenvalue weighted by molar-refractivity contribution is -0.142. The first kappa shape index (κ1) is 37.5. The van der Waals surface area contributed by atoms with Gasteiger partial charge < -0.3 is 29.7 Å². The van der Waals surface area contributed by atoms with Crippen LogP contribution < -0.4 is 20.1 Å². The molecule has 55 heavy (non-hydrogen) atoms. The van der Waals surface area contributed by atoms with Crippen LogP contribution in [0.1, 0.15) is 101 Å². The van der Waals surface area contributed by atoms with Gasteiger partial charge in [-0.25, -0.2) is 26.9 Å². The van der Waals surface area contributed by atoms with Gasteiger partial charge in [-0.05, 0) is 70.6 Å². The molecule has 6 atom stereocenters. The van der Waals surface area contributed by atoms with Crippen LogP contribution >= 0.6 is 0 Å². The maximum atomic E-state index is 17.0. The summed E-state index contributed by atoms with van der Waals surface area (Å²) in [5, 5.41) is 6.18. The molecule has 2 aromatic rings. The average Bonchev–Trinajstić information content (AvgIpc) is 4.06. The second-order valence-electron chi connectivity index (χ2n) is 16.2. The number of halogens is 1. The number of ether oxygens (including phenoxy) is 3. The van der Waals surface area contributed by atoms with Gasteiger partial charge in [-0.1, -0.05) is 25.0 Å². The molecule has 2 N–H and O–H groups in total. The summed E-state index contributed by atoms with van der Waals surface area (Å²) in [6, 6.07) is 3.01. The maximum absolute atomic E-state index is 17.0. The molecule has 4 fully saturated rings. The van der Waals surface area contributed by atoms with Gasteiger partial charge in [-0.3, -0.25) is 14.4 Å². The minimum atomic E-state index is -3.79. The van der Waals surface area contributed by atoms with Crippen LogP contribution in [0.3, 0.4) is 0 Å². The number of fused-ring (bicyclic) bond motifs is 5. The predicted octanol–water partition coefficient (Wildman–Crippen LogP) is 4.32. The zero-order valence-electron chi connectivity index (χ0n) is 31.3. The van der Waals surface area contributed by atoms with E-state index in [2.05, 4.69) is 10.6 Å². The van der Waals surface area contributed by atoms with Crippen LogP contribution in [0.5, 0.6) is 11.5 Å². The molecule has 6 unspecified atom stereocenters. The number of carbonyl (C=O) groups is 4. The van der Waals surface area contributed by atoms with Crippen LogP contribution in [-0.2, 0) is 29.1 Å². The highest BCUT2D eigenvalue weighted by Gasteiger charge is 2.65. The van der Waals surface area contributed by atoms with Crippen LogP contribution in [0.2, 0.25) is 0 Å². The molecule has 1 aromatic heterocycles. The van der Waals surface area contributed by atoms with Gasteiger partial charge in [0, 0.05) is 35.6 Å². The van der Waals surface area contributed by atoms with Crippen molar-refractivity contribution < 1.29 is 46.2 Å². The van der Waals surface area contributed by atoms with Crippen molar-refractivity contribution in [2.75, 3.05) is 26.0 Å². The highest BCUT2D eigenvalue weighted by atomic mass is 32.2. The van der Waals surface area contributed by atoms with Gasteiger partial charge in [0.1, 0.15) is 40.9 Å². The van der Waals surface area contributed by atoms with E-state index in [4.69, 9.17) is 19.2 Å². The highest BCUT2D eigenvalue weighted by molar-refractivity contribution is 7.90. The number of benzene rings is 1. The Morgan fingerprint density at radius 2 is 1.91 bits per heavy atom. The minimum absolute atomic E-state index is 0.0231. The lowest BCUT2D eigenvalue weighted by Gasteiger charge is -2.38. The zero-order valence-corrected chi connectivity index (χ0v) is 32.2. The Labute approximate surface area is 319 Å². The number of hydrogen-bond donors (Lipinski definition) is 2. The van der Waals surface area contributed by atoms with Crippen molar-refractivity contribution >= 4 is 44.7 Å². The molecule has 2 saturated carbocycles. The summed E-state index contributed by atoms with van der Waals surface area (Å²) in [7, 11) is -2.25. The van der Waals surface area contributed by atoms with Crippen molar-refractivity contribution in [2.24, 2.45) is 5.92 Å². The smallest absolute Gasteiger partial charge is 0.408 e. The summed E-state index contributed by atoms with van der Waals surface area (Å²) in [6.07, 6.45) is 5.69. The largest absolute Gasteiger partial charge is 0.497 e. The van der Waals surface area contributed by atoms with Crippen molar-refractivity contribution in [3.05, 3.63) is 41.6 Å². The quantitative estimate of drug-likeness (QED) is 0.416. The summed E-state index contributed by atoms with van der Waals surface area (Å²) in [4.78, 5) is 62.4. The van der Waals surface area contributed by atoms with Crippen LogP contribution in [0.4, 0.5) is 9.18 Å². The van der Waals surface area contributed by atoms with E-state index in [-0.39, 0.29) is 50.4 Å². The molecule has 14 nitrogen and oxygen atoms in total. The molecule has 4 amide bonds. The third-order valence-electron chi connectivity index (χ3n) is 11.9. The Kier molecular flexibility index (Phi) is 9.48. The number of nitrogens with zero attached hydrogens (tertiary/aromatic N) is 3. The van der Waals surface area contributed by atoms with E-state index >= 15 is 4.39 Å². The van der Waals surface area contributed by atoms with Crippen LogP contribution in [0.25, 0.3) is 10.9 Å². The Morgan fingerprint density at radius 3 is 2.60 bits per heavy atom. The first-order valence-corrected chi connectivity index (χ1v) is 21.0. The van der Waals surface area contributed by atoms with E-state index in [9.17, 15) is 27.6 Å². The molecule has 0 bridgehead atoms. The van der Waals surface area contributed by atoms with Crippen LogP contribution in [0, 0.1) is 5.92 Å². The second-order valence-corrected chi connectivity index (χ2v) is 18.2. The molecular formula is C39H48FN5O9S. The number of amides is 4. The molecule has 1 aromatic carbocycles. The zero-order chi connectivity index (χ0) is 38.9. The van der Waals surface area contributed by atoms with E-state index in [1.54, 1.807) is 32.0 Å². The molecule has 0 radical (unpaired) electrons. The molecule has 8 rings (SSSR count). The topological polar surface area (TPSA) is 174 Å². The first-order valence-electron chi connectivity index (χ1n) is 19.4. The first-order chi connectivity index (χ1) is 26.2. The van der Waals surface area contributed by atoms with Gasteiger partial charge in [0.2, 0.25) is 21.8 Å². The molecule has 16 heteroatoms. The standard InChI is InChI=1S/C39H48FN5O9S/c1-22(2)53-37(49)42-29-10-8-6-4-5-7-9-24-18-39(24,36(48)45-15-16-55(45,50)51)43-34(46)30-20-38(21-44(30)35(29)47)19-27(40)31-26-17-25(52-3)13-14-28(26)41-32(23-11-12-23)33(31)54-38/h7,9,13-14,17,22-24,27,29-30H,4-6,8,10-12,15-16,18-21H2,1-3H3,(H,42,49)(H,43,46). The fourth-order valence-corrected chi connectivity index (χ4v) is 9.79. The number of sulfonamides is 1. The Balaban J connectivity index is 1.18. The van der Waals surface area contributed by atoms with E-state index in [0.29, 0.717) is 46.5 Å². The van der Waals surface area contributed by atoms with E-state index in [1.165, 1.54) is 12.0 Å². The average molecular weight is 782 g/mol. The van der Waals surface area contributed by atoms with Gasteiger partial charge in [0.05, 0.1) is 43.3 Å². The molecular weight excluding hydrogens is 734 g/mol. The highest BCUT2D eigenvalue weighted by Crippen LogP contribution is 2.55. The minimum Gasteiger partial charge on any atom is -0.497 e. The summed E-state index contributed by atoms with van der Waals surface area (Å²) < 4.78 is 60.7. The number of rotatable bonds is 5. The second kappa shape index (κ2) is 13.9. The summed E-state index contributed by atoms with van der Waals surface area (Å²) >= 11 is 0. The number of hydrogen-bond acceptors (Lipinski definition) is 10. The molecule has 2 saturated heterocycles. The summed E-state index contributed by atoms with van der Waals surface area (Å²) in [5.74, 6) is -1.63. The Bertz CT molecular complexity index is 2070. The van der Waals surface area contributed by atoms with Crippen molar-refractivity contribution in [1.82, 2.24) is 24.8 Å². The van der Waals surface area contributed by atoms with Gasteiger partial charge in [0.25, 0.3) is 5.91 Å². The predicted molar refractivity (Wildman–Crippen MR) is 197 cm³/mol. The van der Waals surface area contributed by atoms with Crippen LogP contribution in [0.15, 0.2) is 30.4 Å². The van der Waals surface area contributed by atoms with Gasteiger partial charge in [0.15, 0.2) is 0 Å². The normalized spacial score (nSPS) is 31.6. The lowest BCUT2D eigenvalue weighted by Crippen LogP contribution is -2.62. The fraction of sp³-hybridized carbons (Fsp3) is 0.615. The summed E-state index contributed by atoms with van der Waals surface area (Å²) in [6.45, 7) is 3.24. The number of aromatic nitrogens is 1. The van der Waals surface area contributed by atoms with Gasteiger partial charge in [-0.15, -0.1) is 0 Å². The fourth-order valence-electron chi connectivity index (χ4n) is 8.71. The molecule has 296 valence electrons. The maximum Gasteiger partial charge on any atom is 0.408 e. The number of carbonyl (C=O) groups excluding carboxylic acids is 4. The van der Waals surface area contributed by atoms with Gasteiger partial charge in [-0.2, -0.15) is 0 Å². The van der Waals surface area contributed by atoms with Crippen molar-refractivity contribution in [2.45, 2.75) is 119 Å². The van der Waals surface area contributed by atoms with Crippen molar-refractivity contribution in [1.29, 1.82) is 0 Å². The van der Waals surface area contributed by atoms with E-state index < -0.39 is 75.3 Å². The molecule has 6 aliphatic rings. The third-order valence-corrected chi connectivity index (χ3v) is 13.6. The van der Waals surface area contributed by atoms with E-state index in [1.807, 2.05) is 12.2 Å². The van der Waals surface area contributed by atoms with E-state index in [0.717, 1.165) is 30.0 Å². The number of alkyl carbamates (subject to hydrolysis) is 1. The summed E-state index contributed by atoms with van der Waals surface area (Å²) in [5.41, 5.74) is -1.27.